The van der Waals surface area contributed by atoms with E-state index in [0.29, 0.717) is 11.4 Å². The first kappa shape index (κ1) is 14.6. The lowest BCUT2D eigenvalue weighted by Crippen LogP contribution is -2.50. The first-order valence-corrected chi connectivity index (χ1v) is 8.24. The van der Waals surface area contributed by atoms with Crippen molar-refractivity contribution in [3.05, 3.63) is 18.0 Å². The van der Waals surface area contributed by atoms with Gasteiger partial charge in [0.25, 0.3) is 0 Å². The van der Waals surface area contributed by atoms with Crippen LogP contribution in [-0.2, 0) is 23.6 Å². The van der Waals surface area contributed by atoms with Crippen LogP contribution in [-0.4, -0.2) is 25.1 Å². The molecule has 6 heteroatoms. The third-order valence-corrected chi connectivity index (χ3v) is 5.39. The lowest BCUT2D eigenvalue weighted by Gasteiger charge is -2.38. The fourth-order valence-electron chi connectivity index (χ4n) is 2.35. The molecular weight excluding hydrogens is 262 g/mol. The van der Waals surface area contributed by atoms with Crippen molar-refractivity contribution in [2.24, 2.45) is 7.05 Å². The number of nitrogens with zero attached hydrogens (tertiary/aromatic N) is 1. The van der Waals surface area contributed by atoms with Gasteiger partial charge in [0.1, 0.15) is 0 Å². The molecule has 1 heterocycles. The zero-order chi connectivity index (χ0) is 14.1. The molecule has 0 saturated heterocycles. The number of hydrogen-bond donors (Lipinski definition) is 2. The second-order valence-corrected chi connectivity index (χ2v) is 7.26. The smallest absolute Gasteiger partial charge is 0.242 e. The molecule has 0 atom stereocenters. The topological polar surface area (TPSA) is 63.1 Å². The van der Waals surface area contributed by atoms with Crippen molar-refractivity contribution in [3.8, 4) is 0 Å². The molecule has 1 saturated carbocycles. The van der Waals surface area contributed by atoms with Crippen LogP contribution in [0.2, 0.25) is 0 Å². The van der Waals surface area contributed by atoms with Gasteiger partial charge in [-0.2, -0.15) is 0 Å². The lowest BCUT2D eigenvalue weighted by molar-refractivity contribution is 0.248. The highest BCUT2D eigenvalue weighted by atomic mass is 32.2. The van der Waals surface area contributed by atoms with E-state index in [2.05, 4.69) is 10.0 Å². The fourth-order valence-corrected chi connectivity index (χ4v) is 3.90. The van der Waals surface area contributed by atoms with Gasteiger partial charge in [0.15, 0.2) is 0 Å². The molecule has 1 aliphatic rings. The maximum Gasteiger partial charge on any atom is 0.242 e. The molecule has 1 aliphatic carbocycles. The van der Waals surface area contributed by atoms with Crippen LogP contribution in [0.5, 0.6) is 0 Å². The Kier molecular flexibility index (Phi) is 4.03. The molecule has 19 heavy (non-hydrogen) atoms. The second-order valence-electron chi connectivity index (χ2n) is 5.58. The van der Waals surface area contributed by atoms with Crippen LogP contribution in [0.3, 0.4) is 0 Å². The van der Waals surface area contributed by atoms with Gasteiger partial charge in [0.2, 0.25) is 10.0 Å². The molecule has 0 radical (unpaired) electrons. The molecule has 0 unspecified atom stereocenters. The second kappa shape index (κ2) is 5.26. The predicted octanol–water partition coefficient (Wildman–Crippen LogP) is 1.36. The quantitative estimate of drug-likeness (QED) is 0.829. The molecule has 1 aromatic rings. The van der Waals surface area contributed by atoms with Gasteiger partial charge in [0.05, 0.1) is 4.90 Å². The number of nitrogens with one attached hydrogen (secondary N) is 2. The average Bonchev–Trinajstić information content (AvgIpc) is 2.66. The van der Waals surface area contributed by atoms with Gasteiger partial charge in [-0.1, -0.05) is 6.92 Å². The Labute approximate surface area is 115 Å². The van der Waals surface area contributed by atoms with Crippen LogP contribution in [0.25, 0.3) is 0 Å². The zero-order valence-corrected chi connectivity index (χ0v) is 12.7. The van der Waals surface area contributed by atoms with E-state index in [9.17, 15) is 8.42 Å². The Morgan fingerprint density at radius 3 is 2.63 bits per heavy atom. The lowest BCUT2D eigenvalue weighted by atomic mass is 9.80. The maximum atomic E-state index is 12.3. The van der Waals surface area contributed by atoms with Crippen LogP contribution in [0.15, 0.2) is 17.2 Å². The van der Waals surface area contributed by atoms with E-state index < -0.39 is 10.0 Å². The Balaban J connectivity index is 2.16. The average molecular weight is 285 g/mol. The van der Waals surface area contributed by atoms with Crippen LogP contribution in [0.1, 0.15) is 38.8 Å². The molecule has 0 aromatic carbocycles. The van der Waals surface area contributed by atoms with Crippen LogP contribution in [0, 0.1) is 0 Å². The van der Waals surface area contributed by atoms with Gasteiger partial charge in [-0.05, 0) is 38.8 Å². The van der Waals surface area contributed by atoms with Crippen LogP contribution < -0.4 is 10.0 Å². The van der Waals surface area contributed by atoms with Crippen molar-refractivity contribution in [2.45, 2.75) is 50.1 Å². The molecule has 0 amide bonds. The Morgan fingerprint density at radius 2 is 2.11 bits per heavy atom. The van der Waals surface area contributed by atoms with E-state index >= 15 is 0 Å². The monoisotopic (exact) mass is 285 g/mol. The van der Waals surface area contributed by atoms with Crippen molar-refractivity contribution < 1.29 is 8.42 Å². The van der Waals surface area contributed by atoms with Gasteiger partial charge >= 0.3 is 0 Å². The molecular formula is C13H23N3O2S. The Morgan fingerprint density at radius 1 is 1.42 bits per heavy atom. The van der Waals surface area contributed by atoms with Crippen molar-refractivity contribution in [1.82, 2.24) is 14.6 Å². The number of aryl methyl sites for hydroxylation is 1. The number of aromatic nitrogens is 1. The van der Waals surface area contributed by atoms with Crippen molar-refractivity contribution in [3.63, 3.8) is 0 Å². The van der Waals surface area contributed by atoms with E-state index in [1.54, 1.807) is 12.3 Å². The first-order chi connectivity index (χ1) is 8.86. The summed E-state index contributed by atoms with van der Waals surface area (Å²) in [6.45, 7) is 5.54. The van der Waals surface area contributed by atoms with Crippen molar-refractivity contribution in [1.29, 1.82) is 0 Å². The van der Waals surface area contributed by atoms with Gasteiger partial charge in [-0.3, -0.25) is 0 Å². The molecule has 0 aliphatic heterocycles. The van der Waals surface area contributed by atoms with Gasteiger partial charge in [-0.15, -0.1) is 0 Å². The standard InChI is InChI=1S/C13H23N3O2S/c1-4-14-9-11-8-12(10-16(11)3)19(17,18)15-13(2)6-5-7-13/h8,10,14-15H,4-7,9H2,1-3H3. The van der Waals surface area contributed by atoms with Crippen LogP contribution >= 0.6 is 0 Å². The SMILES string of the molecule is CCNCc1cc(S(=O)(=O)NC2(C)CCC2)cn1C. The highest BCUT2D eigenvalue weighted by molar-refractivity contribution is 7.89. The highest BCUT2D eigenvalue weighted by Crippen LogP contribution is 2.32. The minimum absolute atomic E-state index is 0.253. The molecule has 2 rings (SSSR count). The number of sulfonamides is 1. The minimum Gasteiger partial charge on any atom is -0.352 e. The zero-order valence-electron chi connectivity index (χ0n) is 11.9. The molecule has 0 spiro atoms. The summed E-state index contributed by atoms with van der Waals surface area (Å²) in [5.41, 5.74) is 0.720. The number of rotatable bonds is 6. The summed E-state index contributed by atoms with van der Waals surface area (Å²) in [6, 6.07) is 1.74. The van der Waals surface area contributed by atoms with Crippen LogP contribution in [0.4, 0.5) is 0 Å². The molecule has 1 fully saturated rings. The molecule has 2 N–H and O–H groups in total. The van der Waals surface area contributed by atoms with Gasteiger partial charge < -0.3 is 9.88 Å². The molecule has 108 valence electrons. The third-order valence-electron chi connectivity index (χ3n) is 3.79. The summed E-state index contributed by atoms with van der Waals surface area (Å²) in [5.74, 6) is 0. The van der Waals surface area contributed by atoms with E-state index in [-0.39, 0.29) is 5.54 Å². The number of hydrogen-bond acceptors (Lipinski definition) is 3. The summed E-state index contributed by atoms with van der Waals surface area (Å²) in [4.78, 5) is 0.357. The highest BCUT2D eigenvalue weighted by Gasteiger charge is 2.36. The van der Waals surface area contributed by atoms with E-state index in [4.69, 9.17) is 0 Å². The summed E-state index contributed by atoms with van der Waals surface area (Å²) >= 11 is 0. The summed E-state index contributed by atoms with van der Waals surface area (Å²) in [7, 11) is -1.53. The maximum absolute atomic E-state index is 12.3. The van der Waals surface area contributed by atoms with Crippen molar-refractivity contribution >= 4 is 10.0 Å². The summed E-state index contributed by atoms with van der Waals surface area (Å²) < 4.78 is 29.4. The largest absolute Gasteiger partial charge is 0.352 e. The third kappa shape index (κ3) is 3.19. The fraction of sp³-hybridized carbons (Fsp3) is 0.692. The molecule has 0 bridgehead atoms. The predicted molar refractivity (Wildman–Crippen MR) is 75.4 cm³/mol. The Bertz CT molecular complexity index is 544. The van der Waals surface area contributed by atoms with Crippen molar-refractivity contribution in [2.75, 3.05) is 6.54 Å². The Hall–Kier alpha value is -0.850. The molecule has 1 aromatic heterocycles. The summed E-state index contributed by atoms with van der Waals surface area (Å²) in [5, 5.41) is 3.20. The van der Waals surface area contributed by atoms with E-state index in [1.807, 2.05) is 25.5 Å². The first-order valence-electron chi connectivity index (χ1n) is 6.76. The van der Waals surface area contributed by atoms with E-state index in [1.165, 1.54) is 0 Å². The van der Waals surface area contributed by atoms with Gasteiger partial charge in [0, 0.05) is 31.0 Å². The van der Waals surface area contributed by atoms with E-state index in [0.717, 1.165) is 31.5 Å². The minimum atomic E-state index is -3.40. The van der Waals surface area contributed by atoms with Gasteiger partial charge in [-0.25, -0.2) is 13.1 Å². The summed E-state index contributed by atoms with van der Waals surface area (Å²) in [6.07, 6.45) is 4.61. The normalized spacial score (nSPS) is 18.3. The molecule has 5 nitrogen and oxygen atoms in total.